The topological polar surface area (TPSA) is 72.2 Å². The van der Waals surface area contributed by atoms with Gasteiger partial charge in [-0.15, -0.1) is 0 Å². The molecule has 4 nitrogen and oxygen atoms in total. The van der Waals surface area contributed by atoms with Crippen LogP contribution in [0.5, 0.6) is 0 Å². The average molecular weight is 254 g/mol. The number of rotatable bonds is 3. The number of anilines is 1. The minimum absolute atomic E-state index is 0.231. The van der Waals surface area contributed by atoms with E-state index in [4.69, 9.17) is 5.73 Å². The molecule has 0 radical (unpaired) electrons. The van der Waals surface area contributed by atoms with Crippen molar-refractivity contribution >= 4 is 15.5 Å². The molecule has 0 amide bonds. The van der Waals surface area contributed by atoms with Gasteiger partial charge in [-0.25, -0.2) is 8.42 Å². The van der Waals surface area contributed by atoms with Gasteiger partial charge in [0.15, 0.2) is 9.84 Å². The highest BCUT2D eigenvalue weighted by Gasteiger charge is 2.37. The Bertz CT molecular complexity index is 496. The quantitative estimate of drug-likeness (QED) is 0.787. The largest absolute Gasteiger partial charge is 0.399 e. The second-order valence-electron chi connectivity index (χ2n) is 5.00. The van der Waals surface area contributed by atoms with Crippen LogP contribution in [0.15, 0.2) is 24.3 Å². The standard InChI is InChI=1S/C12H18N2O2S/c1-12(6-7-17(15,16)9-12)14-8-10-2-4-11(13)5-3-10/h2-5,14H,6-9,13H2,1H3. The summed E-state index contributed by atoms with van der Waals surface area (Å²) in [6, 6.07) is 7.61. The van der Waals surface area contributed by atoms with E-state index in [1.165, 1.54) is 0 Å². The van der Waals surface area contributed by atoms with Crippen LogP contribution in [0.2, 0.25) is 0 Å². The predicted octanol–water partition coefficient (Wildman–Crippen LogP) is 0.936. The number of benzene rings is 1. The Balaban J connectivity index is 1.97. The Kier molecular flexibility index (Phi) is 3.14. The molecule has 94 valence electrons. The van der Waals surface area contributed by atoms with E-state index < -0.39 is 9.84 Å². The summed E-state index contributed by atoms with van der Waals surface area (Å²) < 4.78 is 22.9. The number of sulfone groups is 1. The Labute approximate surface area is 102 Å². The van der Waals surface area contributed by atoms with Crippen molar-refractivity contribution in [3.63, 3.8) is 0 Å². The fraction of sp³-hybridized carbons (Fsp3) is 0.500. The van der Waals surface area contributed by atoms with E-state index in [-0.39, 0.29) is 17.0 Å². The molecule has 1 unspecified atom stereocenters. The second-order valence-corrected chi connectivity index (χ2v) is 7.18. The van der Waals surface area contributed by atoms with Crippen LogP contribution in [0.4, 0.5) is 5.69 Å². The Morgan fingerprint density at radius 3 is 2.53 bits per heavy atom. The lowest BCUT2D eigenvalue weighted by Gasteiger charge is -2.24. The monoisotopic (exact) mass is 254 g/mol. The zero-order valence-electron chi connectivity index (χ0n) is 9.94. The van der Waals surface area contributed by atoms with Crippen LogP contribution in [0.3, 0.4) is 0 Å². The van der Waals surface area contributed by atoms with E-state index in [1.54, 1.807) is 0 Å². The number of nitrogen functional groups attached to an aromatic ring is 1. The van der Waals surface area contributed by atoms with Gasteiger partial charge in [0.1, 0.15) is 0 Å². The van der Waals surface area contributed by atoms with Gasteiger partial charge in [-0.3, -0.25) is 0 Å². The lowest BCUT2D eigenvalue weighted by molar-refractivity contribution is 0.395. The summed E-state index contributed by atoms with van der Waals surface area (Å²) in [6.45, 7) is 2.64. The molecular formula is C12H18N2O2S. The van der Waals surface area contributed by atoms with E-state index in [0.29, 0.717) is 13.0 Å². The van der Waals surface area contributed by atoms with E-state index in [9.17, 15) is 8.42 Å². The summed E-state index contributed by atoms with van der Waals surface area (Å²) >= 11 is 0. The third-order valence-electron chi connectivity index (χ3n) is 3.20. The molecular weight excluding hydrogens is 236 g/mol. The third-order valence-corrected chi connectivity index (χ3v) is 5.11. The van der Waals surface area contributed by atoms with Gasteiger partial charge in [0, 0.05) is 17.8 Å². The molecule has 1 fully saturated rings. The lowest BCUT2D eigenvalue weighted by Crippen LogP contribution is -2.42. The molecule has 1 aliphatic rings. The van der Waals surface area contributed by atoms with Crippen LogP contribution in [0.1, 0.15) is 18.9 Å². The van der Waals surface area contributed by atoms with Crippen LogP contribution in [0.25, 0.3) is 0 Å². The van der Waals surface area contributed by atoms with Gasteiger partial charge in [-0.05, 0) is 31.0 Å². The van der Waals surface area contributed by atoms with Gasteiger partial charge in [0.2, 0.25) is 0 Å². The molecule has 0 bridgehead atoms. The van der Waals surface area contributed by atoms with Crippen LogP contribution in [-0.2, 0) is 16.4 Å². The highest BCUT2D eigenvalue weighted by molar-refractivity contribution is 7.91. The molecule has 0 aromatic heterocycles. The Morgan fingerprint density at radius 2 is 2.00 bits per heavy atom. The van der Waals surface area contributed by atoms with Crippen molar-refractivity contribution in [1.82, 2.24) is 5.32 Å². The fourth-order valence-electron chi connectivity index (χ4n) is 2.10. The highest BCUT2D eigenvalue weighted by atomic mass is 32.2. The molecule has 1 saturated heterocycles. The molecule has 1 aromatic carbocycles. The summed E-state index contributed by atoms with van der Waals surface area (Å²) in [4.78, 5) is 0. The first kappa shape index (κ1) is 12.4. The number of nitrogens with one attached hydrogen (secondary N) is 1. The van der Waals surface area contributed by atoms with Gasteiger partial charge in [0.25, 0.3) is 0 Å². The molecule has 2 rings (SSSR count). The van der Waals surface area contributed by atoms with Crippen molar-refractivity contribution in [2.24, 2.45) is 0 Å². The molecule has 1 aliphatic heterocycles. The summed E-state index contributed by atoms with van der Waals surface area (Å²) in [5.41, 5.74) is 7.17. The first-order chi connectivity index (χ1) is 7.89. The zero-order chi connectivity index (χ0) is 12.5. The van der Waals surface area contributed by atoms with E-state index in [2.05, 4.69) is 5.32 Å². The van der Waals surface area contributed by atoms with Crippen molar-refractivity contribution < 1.29 is 8.42 Å². The predicted molar refractivity (Wildman–Crippen MR) is 69.4 cm³/mol. The summed E-state index contributed by atoms with van der Waals surface area (Å²) in [7, 11) is -2.85. The normalized spacial score (nSPS) is 27.1. The van der Waals surface area contributed by atoms with Crippen molar-refractivity contribution in [2.45, 2.75) is 25.4 Å². The van der Waals surface area contributed by atoms with Gasteiger partial charge in [-0.2, -0.15) is 0 Å². The van der Waals surface area contributed by atoms with Crippen molar-refractivity contribution in [3.8, 4) is 0 Å². The van der Waals surface area contributed by atoms with Crippen molar-refractivity contribution in [1.29, 1.82) is 0 Å². The van der Waals surface area contributed by atoms with Gasteiger partial charge < -0.3 is 11.1 Å². The summed E-state index contributed by atoms with van der Waals surface area (Å²) in [6.07, 6.45) is 0.685. The van der Waals surface area contributed by atoms with Crippen LogP contribution in [-0.4, -0.2) is 25.5 Å². The van der Waals surface area contributed by atoms with E-state index >= 15 is 0 Å². The third kappa shape index (κ3) is 3.20. The lowest BCUT2D eigenvalue weighted by atomic mass is 10.0. The molecule has 0 spiro atoms. The summed E-state index contributed by atoms with van der Waals surface area (Å²) in [5.74, 6) is 0.521. The minimum atomic E-state index is -2.85. The van der Waals surface area contributed by atoms with E-state index in [0.717, 1.165) is 11.3 Å². The molecule has 1 atom stereocenters. The Morgan fingerprint density at radius 1 is 1.35 bits per heavy atom. The smallest absolute Gasteiger partial charge is 0.152 e. The molecule has 3 N–H and O–H groups in total. The van der Waals surface area contributed by atoms with Crippen molar-refractivity contribution in [3.05, 3.63) is 29.8 Å². The Hall–Kier alpha value is -1.07. The van der Waals surface area contributed by atoms with E-state index in [1.807, 2.05) is 31.2 Å². The maximum atomic E-state index is 11.4. The average Bonchev–Trinajstić information content (AvgIpc) is 2.53. The van der Waals surface area contributed by atoms with Gasteiger partial charge >= 0.3 is 0 Å². The maximum Gasteiger partial charge on any atom is 0.152 e. The molecule has 0 aliphatic carbocycles. The molecule has 0 saturated carbocycles. The van der Waals surface area contributed by atoms with Crippen molar-refractivity contribution in [2.75, 3.05) is 17.2 Å². The second kappa shape index (κ2) is 4.31. The van der Waals surface area contributed by atoms with Crippen LogP contribution in [0, 0.1) is 0 Å². The number of hydrogen-bond acceptors (Lipinski definition) is 4. The van der Waals surface area contributed by atoms with Gasteiger partial charge in [0.05, 0.1) is 11.5 Å². The first-order valence-electron chi connectivity index (χ1n) is 5.68. The number of nitrogens with two attached hydrogens (primary N) is 1. The van der Waals surface area contributed by atoms with Crippen LogP contribution >= 0.6 is 0 Å². The van der Waals surface area contributed by atoms with Gasteiger partial charge in [-0.1, -0.05) is 12.1 Å². The van der Waals surface area contributed by atoms with Crippen LogP contribution < -0.4 is 11.1 Å². The number of hydrogen-bond donors (Lipinski definition) is 2. The SMILES string of the molecule is CC1(NCc2ccc(N)cc2)CCS(=O)(=O)C1. The fourth-order valence-corrected chi connectivity index (χ4v) is 4.22. The highest BCUT2D eigenvalue weighted by Crippen LogP contribution is 2.23. The minimum Gasteiger partial charge on any atom is -0.399 e. The summed E-state index contributed by atoms with van der Waals surface area (Å²) in [5, 5.41) is 3.33. The molecule has 5 heteroatoms. The zero-order valence-corrected chi connectivity index (χ0v) is 10.8. The molecule has 1 aromatic rings. The molecule has 1 heterocycles. The first-order valence-corrected chi connectivity index (χ1v) is 7.51. The molecule has 17 heavy (non-hydrogen) atoms. The maximum absolute atomic E-state index is 11.4.